The Balaban J connectivity index is 1.48. The van der Waals surface area contributed by atoms with Crippen molar-refractivity contribution in [3.05, 3.63) is 34.9 Å². The average molecular weight is 476 g/mol. The molecule has 0 spiro atoms. The van der Waals surface area contributed by atoms with Crippen LogP contribution in [0.3, 0.4) is 0 Å². The Hall–Kier alpha value is -2.28. The Morgan fingerprint density at radius 2 is 1.91 bits per heavy atom. The number of halogens is 1. The Bertz CT molecular complexity index is 920. The minimum absolute atomic E-state index is 0.0398. The Labute approximate surface area is 200 Å². The molecule has 1 atom stereocenters. The van der Waals surface area contributed by atoms with Crippen molar-refractivity contribution < 1.29 is 19.1 Å². The first kappa shape index (κ1) is 23.9. The number of fused-ring (bicyclic) bond motifs is 1. The second kappa shape index (κ2) is 9.16. The van der Waals surface area contributed by atoms with E-state index in [0.29, 0.717) is 18.1 Å². The van der Waals surface area contributed by atoms with E-state index in [4.69, 9.17) is 16.3 Å². The maximum atomic E-state index is 13.1. The van der Waals surface area contributed by atoms with Crippen LogP contribution in [0.1, 0.15) is 64.9 Å². The van der Waals surface area contributed by atoms with Crippen molar-refractivity contribution in [1.29, 1.82) is 0 Å². The molecule has 4 rings (SSSR count). The van der Waals surface area contributed by atoms with Gasteiger partial charge in [-0.05, 0) is 77.0 Å². The first-order chi connectivity index (χ1) is 15.6. The van der Waals surface area contributed by atoms with Gasteiger partial charge in [-0.1, -0.05) is 23.7 Å². The van der Waals surface area contributed by atoms with Crippen molar-refractivity contribution in [2.75, 3.05) is 19.6 Å². The molecule has 0 unspecified atom stereocenters. The SMILES string of the molecule is CC(C)(C)OC(=O)NC[C@]1(c2cccc(Cl)c2)CC[C@H](N2CC(=O)N3CCC[C@H]3C2=O)CC1. The van der Waals surface area contributed by atoms with E-state index in [0.717, 1.165) is 44.1 Å². The molecule has 1 aromatic rings. The first-order valence-corrected chi connectivity index (χ1v) is 12.3. The van der Waals surface area contributed by atoms with Crippen molar-refractivity contribution in [2.45, 2.75) is 82.4 Å². The number of nitrogens with one attached hydrogen (secondary N) is 1. The third-order valence-corrected chi connectivity index (χ3v) is 7.44. The number of amides is 3. The van der Waals surface area contributed by atoms with Gasteiger partial charge in [0.05, 0.1) is 0 Å². The van der Waals surface area contributed by atoms with Gasteiger partial charge in [-0.3, -0.25) is 9.59 Å². The topological polar surface area (TPSA) is 79.0 Å². The molecule has 3 fully saturated rings. The van der Waals surface area contributed by atoms with Crippen LogP contribution in [-0.4, -0.2) is 65.0 Å². The van der Waals surface area contributed by atoms with E-state index < -0.39 is 11.7 Å². The molecule has 2 aliphatic heterocycles. The summed E-state index contributed by atoms with van der Waals surface area (Å²) in [6.07, 6.45) is 4.32. The molecule has 0 radical (unpaired) electrons. The molecule has 3 amide bonds. The third-order valence-electron chi connectivity index (χ3n) is 7.21. The first-order valence-electron chi connectivity index (χ1n) is 11.9. The zero-order chi connectivity index (χ0) is 23.8. The van der Waals surface area contributed by atoms with Crippen molar-refractivity contribution in [1.82, 2.24) is 15.1 Å². The zero-order valence-corrected chi connectivity index (χ0v) is 20.5. The number of hydrogen-bond acceptors (Lipinski definition) is 4. The number of carbonyl (C=O) groups is 3. The lowest BCUT2D eigenvalue weighted by Gasteiger charge is -2.46. The van der Waals surface area contributed by atoms with Gasteiger partial charge < -0.3 is 19.9 Å². The van der Waals surface area contributed by atoms with Crippen LogP contribution in [0, 0.1) is 0 Å². The monoisotopic (exact) mass is 475 g/mol. The summed E-state index contributed by atoms with van der Waals surface area (Å²) in [5, 5.41) is 3.62. The number of nitrogens with zero attached hydrogens (tertiary/aromatic N) is 2. The van der Waals surface area contributed by atoms with Crippen LogP contribution < -0.4 is 5.32 Å². The molecular weight excluding hydrogens is 442 g/mol. The second-order valence-electron chi connectivity index (χ2n) is 10.6. The summed E-state index contributed by atoms with van der Waals surface area (Å²) in [4.78, 5) is 41.7. The van der Waals surface area contributed by atoms with Gasteiger partial charge in [0.25, 0.3) is 0 Å². The molecule has 1 N–H and O–H groups in total. The Kier molecular flexibility index (Phi) is 6.63. The predicted molar refractivity (Wildman–Crippen MR) is 126 cm³/mol. The number of carbonyl (C=O) groups excluding carboxylic acids is 3. The van der Waals surface area contributed by atoms with Crippen LogP contribution >= 0.6 is 11.6 Å². The van der Waals surface area contributed by atoms with Gasteiger partial charge in [0.15, 0.2) is 0 Å². The van der Waals surface area contributed by atoms with Crippen LogP contribution in [0.2, 0.25) is 5.02 Å². The molecule has 0 bridgehead atoms. The molecule has 1 aliphatic carbocycles. The van der Waals surface area contributed by atoms with Crippen LogP contribution in [0.25, 0.3) is 0 Å². The number of benzene rings is 1. The van der Waals surface area contributed by atoms with E-state index in [9.17, 15) is 14.4 Å². The van der Waals surface area contributed by atoms with Gasteiger partial charge in [-0.25, -0.2) is 4.79 Å². The summed E-state index contributed by atoms with van der Waals surface area (Å²) in [5.41, 5.74) is 0.202. The van der Waals surface area contributed by atoms with E-state index in [-0.39, 0.29) is 35.9 Å². The highest BCUT2D eigenvalue weighted by molar-refractivity contribution is 6.30. The molecular formula is C25H34ClN3O4. The fourth-order valence-corrected chi connectivity index (χ4v) is 5.74. The molecule has 33 heavy (non-hydrogen) atoms. The third kappa shape index (κ3) is 5.13. The number of piperazine rings is 1. The van der Waals surface area contributed by atoms with E-state index >= 15 is 0 Å². The van der Waals surface area contributed by atoms with Gasteiger partial charge in [-0.15, -0.1) is 0 Å². The fraction of sp³-hybridized carbons (Fsp3) is 0.640. The van der Waals surface area contributed by atoms with Crippen LogP contribution in [0.4, 0.5) is 4.79 Å². The normalized spacial score (nSPS) is 28.0. The summed E-state index contributed by atoms with van der Waals surface area (Å²) in [7, 11) is 0. The largest absolute Gasteiger partial charge is 0.444 e. The van der Waals surface area contributed by atoms with E-state index in [1.807, 2.05) is 43.9 Å². The molecule has 3 aliphatic rings. The predicted octanol–water partition coefficient (Wildman–Crippen LogP) is 3.88. The van der Waals surface area contributed by atoms with Crippen molar-refractivity contribution in [3.8, 4) is 0 Å². The lowest BCUT2D eigenvalue weighted by atomic mass is 9.67. The minimum Gasteiger partial charge on any atom is -0.444 e. The van der Waals surface area contributed by atoms with Gasteiger partial charge in [-0.2, -0.15) is 0 Å². The second-order valence-corrected chi connectivity index (χ2v) is 11.0. The van der Waals surface area contributed by atoms with E-state index in [1.165, 1.54) is 0 Å². The smallest absolute Gasteiger partial charge is 0.407 e. The number of hydrogen-bond donors (Lipinski definition) is 1. The van der Waals surface area contributed by atoms with Gasteiger partial charge in [0.2, 0.25) is 11.8 Å². The maximum Gasteiger partial charge on any atom is 0.407 e. The molecule has 2 saturated heterocycles. The van der Waals surface area contributed by atoms with E-state index in [1.54, 1.807) is 4.90 Å². The summed E-state index contributed by atoms with van der Waals surface area (Å²) in [5.74, 6) is 0.162. The van der Waals surface area contributed by atoms with Gasteiger partial charge in [0.1, 0.15) is 18.2 Å². The standard InChI is InChI=1S/C25H34ClN3O4/c1-24(2,3)33-23(32)27-16-25(17-6-4-7-18(26)14-17)11-9-19(10-12-25)29-15-21(30)28-13-5-8-20(28)22(29)31/h4,6-7,14,19-20H,5,8-13,15-16H2,1-3H3,(H,27,32)/t19-,20-,25-/m0/s1. The lowest BCUT2D eigenvalue weighted by Crippen LogP contribution is -2.61. The molecule has 180 valence electrons. The molecule has 1 aromatic carbocycles. The molecule has 8 heteroatoms. The number of rotatable bonds is 4. The van der Waals surface area contributed by atoms with Gasteiger partial charge in [0, 0.05) is 29.6 Å². The highest BCUT2D eigenvalue weighted by Gasteiger charge is 2.46. The molecule has 7 nitrogen and oxygen atoms in total. The maximum absolute atomic E-state index is 13.1. The summed E-state index contributed by atoms with van der Waals surface area (Å²) in [6.45, 7) is 6.83. The number of ether oxygens (including phenoxy) is 1. The van der Waals surface area contributed by atoms with Gasteiger partial charge >= 0.3 is 6.09 Å². The Morgan fingerprint density at radius 1 is 1.18 bits per heavy atom. The highest BCUT2D eigenvalue weighted by atomic mass is 35.5. The van der Waals surface area contributed by atoms with E-state index in [2.05, 4.69) is 11.4 Å². The van der Waals surface area contributed by atoms with Crippen molar-refractivity contribution >= 4 is 29.5 Å². The zero-order valence-electron chi connectivity index (χ0n) is 19.7. The molecule has 1 saturated carbocycles. The lowest BCUT2D eigenvalue weighted by molar-refractivity contribution is -0.156. The minimum atomic E-state index is -0.569. The highest BCUT2D eigenvalue weighted by Crippen LogP contribution is 2.42. The average Bonchev–Trinajstić information content (AvgIpc) is 3.25. The summed E-state index contributed by atoms with van der Waals surface area (Å²) in [6, 6.07) is 7.55. The van der Waals surface area contributed by atoms with Crippen LogP contribution in [0.15, 0.2) is 24.3 Å². The summed E-state index contributed by atoms with van der Waals surface area (Å²) < 4.78 is 5.44. The fourth-order valence-electron chi connectivity index (χ4n) is 5.55. The quantitative estimate of drug-likeness (QED) is 0.716. The number of alkyl carbamates (subject to hydrolysis) is 1. The molecule has 2 heterocycles. The Morgan fingerprint density at radius 3 is 2.58 bits per heavy atom. The molecule has 0 aromatic heterocycles. The van der Waals surface area contributed by atoms with Crippen LogP contribution in [0.5, 0.6) is 0 Å². The summed E-state index contributed by atoms with van der Waals surface area (Å²) >= 11 is 6.31. The van der Waals surface area contributed by atoms with Crippen molar-refractivity contribution in [3.63, 3.8) is 0 Å². The van der Waals surface area contributed by atoms with Crippen molar-refractivity contribution in [2.24, 2.45) is 0 Å². The van der Waals surface area contributed by atoms with Crippen LogP contribution in [-0.2, 0) is 19.7 Å².